The topological polar surface area (TPSA) is 80.0 Å². The lowest BCUT2D eigenvalue weighted by Gasteiger charge is -2.06. The van der Waals surface area contributed by atoms with Crippen molar-refractivity contribution in [3.63, 3.8) is 0 Å². The molecule has 0 spiro atoms. The summed E-state index contributed by atoms with van der Waals surface area (Å²) in [5.41, 5.74) is 6.11. The highest BCUT2D eigenvalue weighted by atomic mass is 35.5. The van der Waals surface area contributed by atoms with Crippen LogP contribution in [0, 0.1) is 0 Å². The van der Waals surface area contributed by atoms with E-state index >= 15 is 0 Å². The van der Waals surface area contributed by atoms with Crippen molar-refractivity contribution in [3.05, 3.63) is 33.1 Å². The first-order valence-electron chi connectivity index (χ1n) is 5.22. The molecular weight excluding hydrogens is 307 g/mol. The fourth-order valence-corrected chi connectivity index (χ4v) is 2.46. The Bertz CT molecular complexity index is 629. The van der Waals surface area contributed by atoms with Gasteiger partial charge in [-0.05, 0) is 12.1 Å². The third-order valence-electron chi connectivity index (χ3n) is 2.27. The quantitative estimate of drug-likeness (QED) is 0.811. The van der Waals surface area contributed by atoms with Gasteiger partial charge in [0.05, 0.1) is 15.7 Å². The van der Waals surface area contributed by atoms with Crippen LogP contribution in [-0.4, -0.2) is 17.9 Å². The molecule has 0 saturated carbocycles. The molecular formula is C11H10Cl2N4OS. The van der Waals surface area contributed by atoms with Crippen LogP contribution in [0.25, 0.3) is 0 Å². The summed E-state index contributed by atoms with van der Waals surface area (Å²) in [4.78, 5) is 16.4. The van der Waals surface area contributed by atoms with Gasteiger partial charge in [-0.1, -0.05) is 40.6 Å². The van der Waals surface area contributed by atoms with Gasteiger partial charge in [-0.25, -0.2) is 4.98 Å². The third-order valence-corrected chi connectivity index (χ3v) is 4.18. The molecule has 1 amide bonds. The summed E-state index contributed by atoms with van der Waals surface area (Å²) in [6.45, 7) is 0. The number of nitrogens with two attached hydrogens (primary N) is 1. The molecule has 0 saturated heterocycles. The molecule has 2 aromatic rings. The third kappa shape index (κ3) is 2.91. The minimum atomic E-state index is -0.374. The summed E-state index contributed by atoms with van der Waals surface area (Å²) in [5, 5.41) is 6.70. The first-order chi connectivity index (χ1) is 9.02. The first-order valence-corrected chi connectivity index (χ1v) is 6.79. The van der Waals surface area contributed by atoms with Gasteiger partial charge in [0, 0.05) is 7.05 Å². The number of nitrogens with one attached hydrogen (secondary N) is 2. The number of benzene rings is 1. The van der Waals surface area contributed by atoms with Crippen LogP contribution >= 0.6 is 34.5 Å². The van der Waals surface area contributed by atoms with Crippen molar-refractivity contribution in [2.75, 3.05) is 23.4 Å². The Morgan fingerprint density at radius 2 is 2.16 bits per heavy atom. The molecule has 0 bridgehead atoms. The van der Waals surface area contributed by atoms with Gasteiger partial charge in [-0.15, -0.1) is 0 Å². The monoisotopic (exact) mass is 316 g/mol. The lowest BCUT2D eigenvalue weighted by molar-refractivity contribution is 0.103. The van der Waals surface area contributed by atoms with Gasteiger partial charge in [-0.3, -0.25) is 4.79 Å². The van der Waals surface area contributed by atoms with Crippen molar-refractivity contribution in [1.82, 2.24) is 4.98 Å². The second kappa shape index (κ2) is 5.64. The molecule has 1 heterocycles. The van der Waals surface area contributed by atoms with E-state index < -0.39 is 0 Å². The van der Waals surface area contributed by atoms with Gasteiger partial charge in [0.15, 0.2) is 5.13 Å². The maximum atomic E-state index is 12.1. The number of thiazole rings is 1. The molecule has 0 aliphatic carbocycles. The lowest BCUT2D eigenvalue weighted by Crippen LogP contribution is -2.12. The number of anilines is 3. The maximum absolute atomic E-state index is 12.1. The van der Waals surface area contributed by atoms with Gasteiger partial charge < -0.3 is 16.4 Å². The van der Waals surface area contributed by atoms with Gasteiger partial charge in [-0.2, -0.15) is 0 Å². The Morgan fingerprint density at radius 3 is 2.79 bits per heavy atom. The number of carbonyl (C=O) groups is 1. The maximum Gasteiger partial charge on any atom is 0.269 e. The lowest BCUT2D eigenvalue weighted by atomic mass is 10.3. The van der Waals surface area contributed by atoms with Gasteiger partial charge in [0.2, 0.25) is 0 Å². The smallest absolute Gasteiger partial charge is 0.269 e. The van der Waals surface area contributed by atoms with E-state index in [1.54, 1.807) is 25.2 Å². The van der Waals surface area contributed by atoms with E-state index in [1.165, 1.54) is 0 Å². The number of rotatable bonds is 3. The van der Waals surface area contributed by atoms with Crippen LogP contribution in [0.1, 0.15) is 9.67 Å². The van der Waals surface area contributed by atoms with Crippen molar-refractivity contribution in [1.29, 1.82) is 0 Å². The van der Waals surface area contributed by atoms with Crippen LogP contribution in [-0.2, 0) is 0 Å². The Morgan fingerprint density at radius 1 is 1.42 bits per heavy atom. The number of hydrogen-bond donors (Lipinski definition) is 3. The Kier molecular flexibility index (Phi) is 4.14. The van der Waals surface area contributed by atoms with E-state index in [9.17, 15) is 4.79 Å². The largest absolute Gasteiger partial charge is 0.382 e. The van der Waals surface area contributed by atoms with Crippen molar-refractivity contribution in [2.45, 2.75) is 0 Å². The molecule has 2 rings (SSSR count). The van der Waals surface area contributed by atoms with Crippen LogP contribution in [0.2, 0.25) is 10.0 Å². The Hall–Kier alpha value is -1.50. The summed E-state index contributed by atoms with van der Waals surface area (Å²) in [5.74, 6) is -0.203. The molecule has 0 aliphatic heterocycles. The van der Waals surface area contributed by atoms with Crippen molar-refractivity contribution in [3.8, 4) is 0 Å². The number of carbonyl (C=O) groups excluding carboxylic acids is 1. The molecule has 1 aromatic heterocycles. The zero-order valence-corrected chi connectivity index (χ0v) is 12.2. The molecule has 1 aromatic carbocycles. The number of nitrogens with zero attached hydrogens (tertiary/aromatic N) is 1. The summed E-state index contributed by atoms with van der Waals surface area (Å²) in [6, 6.07) is 4.99. The SMILES string of the molecule is CNc1nc(N)c(C(=O)Nc2cccc(Cl)c2Cl)s1. The van der Waals surface area contributed by atoms with Gasteiger partial charge in [0.1, 0.15) is 10.7 Å². The van der Waals surface area contributed by atoms with Crippen LogP contribution in [0.15, 0.2) is 18.2 Å². The minimum Gasteiger partial charge on any atom is -0.382 e. The highest BCUT2D eigenvalue weighted by molar-refractivity contribution is 7.18. The van der Waals surface area contributed by atoms with Crippen LogP contribution in [0.4, 0.5) is 16.6 Å². The second-order valence-corrected chi connectivity index (χ2v) is 5.32. The van der Waals surface area contributed by atoms with Crippen molar-refractivity contribution in [2.24, 2.45) is 0 Å². The van der Waals surface area contributed by atoms with E-state index in [0.29, 0.717) is 20.7 Å². The molecule has 0 radical (unpaired) electrons. The van der Waals surface area contributed by atoms with Crippen molar-refractivity contribution >= 4 is 57.1 Å². The molecule has 0 unspecified atom stereocenters. The normalized spacial score (nSPS) is 10.3. The van der Waals surface area contributed by atoms with E-state index in [1.807, 2.05) is 0 Å². The summed E-state index contributed by atoms with van der Waals surface area (Å²) < 4.78 is 0. The fraction of sp³-hybridized carbons (Fsp3) is 0.0909. The molecule has 0 atom stereocenters. The summed E-state index contributed by atoms with van der Waals surface area (Å²) in [7, 11) is 1.70. The molecule has 0 fully saturated rings. The average molecular weight is 317 g/mol. The zero-order valence-electron chi connectivity index (χ0n) is 9.83. The number of amides is 1. The number of nitrogen functional groups attached to an aromatic ring is 1. The molecule has 8 heteroatoms. The van der Waals surface area contributed by atoms with E-state index in [4.69, 9.17) is 28.9 Å². The molecule has 4 N–H and O–H groups in total. The highest BCUT2D eigenvalue weighted by Crippen LogP contribution is 2.31. The zero-order chi connectivity index (χ0) is 14.0. The molecule has 0 aliphatic rings. The Labute approximate surface area is 123 Å². The standard InChI is InChI=1S/C11H10Cl2N4OS/c1-15-11-17-9(14)8(19-11)10(18)16-6-4-2-3-5(12)7(6)13/h2-4H,14H2,1H3,(H,15,17)(H,16,18). The summed E-state index contributed by atoms with van der Waals surface area (Å²) >= 11 is 13.0. The number of aromatic nitrogens is 1. The van der Waals surface area contributed by atoms with E-state index in [0.717, 1.165) is 11.3 Å². The first kappa shape index (κ1) is 13.9. The minimum absolute atomic E-state index is 0.171. The van der Waals surface area contributed by atoms with Crippen LogP contribution < -0.4 is 16.4 Å². The second-order valence-electron chi connectivity index (χ2n) is 3.54. The predicted octanol–water partition coefficient (Wildman–Crippen LogP) is 3.33. The molecule has 5 nitrogen and oxygen atoms in total. The summed E-state index contributed by atoms with van der Waals surface area (Å²) in [6.07, 6.45) is 0. The van der Waals surface area contributed by atoms with E-state index in [2.05, 4.69) is 15.6 Å². The molecule has 19 heavy (non-hydrogen) atoms. The molecule has 100 valence electrons. The van der Waals surface area contributed by atoms with Crippen LogP contribution in [0.3, 0.4) is 0 Å². The van der Waals surface area contributed by atoms with Gasteiger partial charge in [0.25, 0.3) is 5.91 Å². The predicted molar refractivity (Wildman–Crippen MR) is 80.5 cm³/mol. The number of halogens is 2. The highest BCUT2D eigenvalue weighted by Gasteiger charge is 2.17. The number of hydrogen-bond acceptors (Lipinski definition) is 5. The van der Waals surface area contributed by atoms with Crippen molar-refractivity contribution < 1.29 is 4.79 Å². The average Bonchev–Trinajstić information content (AvgIpc) is 2.76. The Balaban J connectivity index is 2.25. The van der Waals surface area contributed by atoms with Crippen LogP contribution in [0.5, 0.6) is 0 Å². The fourth-order valence-electron chi connectivity index (χ4n) is 1.38. The van der Waals surface area contributed by atoms with E-state index in [-0.39, 0.29) is 16.7 Å². The van der Waals surface area contributed by atoms with Gasteiger partial charge >= 0.3 is 0 Å².